The molecule has 1 aliphatic rings. The first kappa shape index (κ1) is 21.9. The van der Waals surface area contributed by atoms with Crippen LogP contribution < -0.4 is 10.6 Å². The van der Waals surface area contributed by atoms with E-state index in [1.807, 2.05) is 35.9 Å². The predicted octanol–water partition coefficient (Wildman–Crippen LogP) is 4.14. The van der Waals surface area contributed by atoms with Gasteiger partial charge in [-0.3, -0.25) is 14.9 Å². The number of hydrogen-bond donors (Lipinski definition) is 3. The van der Waals surface area contributed by atoms with Crippen LogP contribution in [0.25, 0.3) is 0 Å². The number of carbonyl (C=O) groups is 1. The fourth-order valence-electron chi connectivity index (χ4n) is 4.06. The maximum absolute atomic E-state index is 12.5. The van der Waals surface area contributed by atoms with Crippen LogP contribution in [0.4, 0.5) is 10.6 Å². The maximum atomic E-state index is 12.5. The largest absolute Gasteiger partial charge is 0.508 e. The lowest BCUT2D eigenvalue weighted by atomic mass is 10.1. The fourth-order valence-corrected chi connectivity index (χ4v) is 4.06. The van der Waals surface area contributed by atoms with Gasteiger partial charge in [-0.1, -0.05) is 42.5 Å². The number of phenols is 1. The lowest BCUT2D eigenvalue weighted by molar-refractivity contribution is 0.248. The Labute approximate surface area is 189 Å². The second-order valence-corrected chi connectivity index (χ2v) is 8.50. The van der Waals surface area contributed by atoms with Gasteiger partial charge in [-0.2, -0.15) is 5.10 Å². The molecule has 0 spiro atoms. The molecule has 0 bridgehead atoms. The number of rotatable bonds is 7. The van der Waals surface area contributed by atoms with Crippen LogP contribution in [0.5, 0.6) is 5.75 Å². The Morgan fingerprint density at radius 1 is 1.09 bits per heavy atom. The van der Waals surface area contributed by atoms with Gasteiger partial charge in [0, 0.05) is 38.3 Å². The summed E-state index contributed by atoms with van der Waals surface area (Å²) in [7, 11) is 0. The molecular weight excluding hydrogens is 402 g/mol. The van der Waals surface area contributed by atoms with Gasteiger partial charge in [0.2, 0.25) is 0 Å². The highest BCUT2D eigenvalue weighted by Gasteiger charge is 2.18. The third-order valence-corrected chi connectivity index (χ3v) is 5.76. The zero-order valence-electron chi connectivity index (χ0n) is 18.5. The summed E-state index contributed by atoms with van der Waals surface area (Å²) < 4.78 is 2.01. The average molecular weight is 434 g/mol. The van der Waals surface area contributed by atoms with E-state index in [1.165, 1.54) is 5.56 Å². The van der Waals surface area contributed by atoms with Crippen LogP contribution in [-0.4, -0.2) is 38.4 Å². The van der Waals surface area contributed by atoms with E-state index in [4.69, 9.17) is 0 Å². The SMILES string of the molecule is CC(CCc1ccc(O)cc1)NC(=O)Nc1cc2n(n1)CCCN(Cc1ccccc1)C2. The van der Waals surface area contributed by atoms with Crippen molar-refractivity contribution >= 4 is 11.8 Å². The number of nitrogens with zero attached hydrogens (tertiary/aromatic N) is 3. The van der Waals surface area contributed by atoms with Crippen LogP contribution in [-0.2, 0) is 26.1 Å². The number of aryl methyl sites for hydroxylation is 2. The average Bonchev–Trinajstić information content (AvgIpc) is 3.04. The molecule has 2 amide bonds. The van der Waals surface area contributed by atoms with Crippen molar-refractivity contribution in [3.8, 4) is 5.75 Å². The van der Waals surface area contributed by atoms with Crippen LogP contribution in [0.15, 0.2) is 60.7 Å². The van der Waals surface area contributed by atoms with E-state index in [2.05, 4.69) is 44.9 Å². The van der Waals surface area contributed by atoms with Gasteiger partial charge in [0.15, 0.2) is 5.82 Å². The molecule has 7 nitrogen and oxygen atoms in total. The van der Waals surface area contributed by atoms with Gasteiger partial charge in [0.25, 0.3) is 0 Å². The number of fused-ring (bicyclic) bond motifs is 1. The van der Waals surface area contributed by atoms with E-state index >= 15 is 0 Å². The Bertz CT molecular complexity index is 1020. The minimum atomic E-state index is -0.238. The van der Waals surface area contributed by atoms with Crippen molar-refractivity contribution in [3.63, 3.8) is 0 Å². The third kappa shape index (κ3) is 6.11. The molecule has 3 aromatic rings. The molecule has 2 heterocycles. The van der Waals surface area contributed by atoms with Crippen molar-refractivity contribution in [3.05, 3.63) is 77.5 Å². The Morgan fingerprint density at radius 3 is 2.66 bits per heavy atom. The van der Waals surface area contributed by atoms with Gasteiger partial charge in [0.1, 0.15) is 5.75 Å². The van der Waals surface area contributed by atoms with Crippen LogP contribution in [0.3, 0.4) is 0 Å². The van der Waals surface area contributed by atoms with Crippen LogP contribution in [0, 0.1) is 0 Å². The van der Waals surface area contributed by atoms with Crippen molar-refractivity contribution in [1.29, 1.82) is 0 Å². The summed E-state index contributed by atoms with van der Waals surface area (Å²) in [5, 5.41) is 19.8. The molecule has 4 rings (SSSR count). The van der Waals surface area contributed by atoms with E-state index in [-0.39, 0.29) is 17.8 Å². The summed E-state index contributed by atoms with van der Waals surface area (Å²) in [5.41, 5.74) is 3.56. The van der Waals surface area contributed by atoms with Crippen LogP contribution in [0.1, 0.15) is 36.6 Å². The number of aromatic nitrogens is 2. The molecule has 0 saturated heterocycles. The number of benzene rings is 2. The molecule has 0 fully saturated rings. The molecule has 1 aliphatic heterocycles. The van der Waals surface area contributed by atoms with Crippen LogP contribution in [0.2, 0.25) is 0 Å². The second kappa shape index (κ2) is 10.3. The fraction of sp³-hybridized carbons (Fsp3) is 0.360. The van der Waals surface area contributed by atoms with Crippen LogP contribution >= 0.6 is 0 Å². The zero-order valence-corrected chi connectivity index (χ0v) is 18.5. The molecule has 0 aliphatic carbocycles. The molecule has 0 saturated carbocycles. The van der Waals surface area contributed by atoms with Gasteiger partial charge < -0.3 is 10.4 Å². The van der Waals surface area contributed by atoms with Gasteiger partial charge in [-0.05, 0) is 49.4 Å². The smallest absolute Gasteiger partial charge is 0.320 e. The number of aromatic hydroxyl groups is 1. The number of amides is 2. The van der Waals surface area contributed by atoms with Crippen molar-refractivity contribution in [2.45, 2.75) is 51.9 Å². The summed E-state index contributed by atoms with van der Waals surface area (Å²) in [6.45, 7) is 5.60. The van der Waals surface area contributed by atoms with Crippen molar-refractivity contribution in [1.82, 2.24) is 20.0 Å². The summed E-state index contributed by atoms with van der Waals surface area (Å²) in [6.07, 6.45) is 2.67. The number of anilines is 1. The summed E-state index contributed by atoms with van der Waals surface area (Å²) in [6, 6.07) is 19.4. The predicted molar refractivity (Wildman–Crippen MR) is 125 cm³/mol. The second-order valence-electron chi connectivity index (χ2n) is 8.50. The van der Waals surface area contributed by atoms with Crippen molar-refractivity contribution < 1.29 is 9.90 Å². The standard InChI is InChI=1S/C25H31N5O2/c1-19(8-9-20-10-12-23(31)13-11-20)26-25(32)27-24-16-22-18-29(14-5-15-30(22)28-24)17-21-6-3-2-4-7-21/h2-4,6-7,10-13,16,19,31H,5,8-9,14-15,17-18H2,1H3,(H2,26,27,28,32). The Balaban J connectivity index is 1.28. The van der Waals surface area contributed by atoms with Gasteiger partial charge in [0.05, 0.1) is 5.69 Å². The minimum Gasteiger partial charge on any atom is -0.508 e. The number of hydrogen-bond acceptors (Lipinski definition) is 4. The quantitative estimate of drug-likeness (QED) is 0.523. The minimum absolute atomic E-state index is 0.0191. The van der Waals surface area contributed by atoms with E-state index < -0.39 is 0 Å². The zero-order chi connectivity index (χ0) is 22.3. The summed E-state index contributed by atoms with van der Waals surface area (Å²) in [4.78, 5) is 14.9. The van der Waals surface area contributed by atoms with E-state index in [0.717, 1.165) is 56.7 Å². The first-order chi connectivity index (χ1) is 15.5. The van der Waals surface area contributed by atoms with Crippen molar-refractivity contribution in [2.24, 2.45) is 0 Å². The highest BCUT2D eigenvalue weighted by Crippen LogP contribution is 2.18. The molecule has 1 aromatic heterocycles. The molecule has 0 radical (unpaired) electrons. The molecule has 7 heteroatoms. The first-order valence-corrected chi connectivity index (χ1v) is 11.2. The Morgan fingerprint density at radius 2 is 1.88 bits per heavy atom. The molecule has 2 aromatic carbocycles. The number of urea groups is 1. The summed E-state index contributed by atoms with van der Waals surface area (Å²) >= 11 is 0. The monoisotopic (exact) mass is 433 g/mol. The Hall–Kier alpha value is -3.32. The van der Waals surface area contributed by atoms with Gasteiger partial charge in [-0.15, -0.1) is 0 Å². The molecule has 1 atom stereocenters. The third-order valence-electron chi connectivity index (χ3n) is 5.76. The van der Waals surface area contributed by atoms with E-state index in [9.17, 15) is 9.90 Å². The van der Waals surface area contributed by atoms with Crippen molar-refractivity contribution in [2.75, 3.05) is 11.9 Å². The van der Waals surface area contributed by atoms with E-state index in [1.54, 1.807) is 12.1 Å². The Kier molecular flexibility index (Phi) is 7.07. The highest BCUT2D eigenvalue weighted by molar-refractivity contribution is 5.88. The number of carbonyl (C=O) groups excluding carboxylic acids is 1. The normalized spacial score (nSPS) is 14.9. The highest BCUT2D eigenvalue weighted by atomic mass is 16.3. The lowest BCUT2D eigenvalue weighted by Crippen LogP contribution is -2.36. The molecule has 3 N–H and O–H groups in total. The topological polar surface area (TPSA) is 82.4 Å². The van der Waals surface area contributed by atoms with E-state index in [0.29, 0.717) is 5.82 Å². The molecule has 168 valence electrons. The molecule has 32 heavy (non-hydrogen) atoms. The number of phenolic OH excluding ortho intramolecular Hbond substituents is 1. The van der Waals surface area contributed by atoms with Gasteiger partial charge >= 0.3 is 6.03 Å². The maximum Gasteiger partial charge on any atom is 0.320 e. The first-order valence-electron chi connectivity index (χ1n) is 11.2. The molecule has 1 unspecified atom stereocenters. The molecular formula is C25H31N5O2. The lowest BCUT2D eigenvalue weighted by Gasteiger charge is -2.19. The number of nitrogens with one attached hydrogen (secondary N) is 2. The summed E-state index contributed by atoms with van der Waals surface area (Å²) in [5.74, 6) is 0.853. The van der Waals surface area contributed by atoms with Gasteiger partial charge in [-0.25, -0.2) is 4.79 Å².